The smallest absolute Gasteiger partial charge is 0.330 e. The summed E-state index contributed by atoms with van der Waals surface area (Å²) < 4.78 is 0. The molecule has 3 rings (SSSR count). The van der Waals surface area contributed by atoms with E-state index in [0.717, 1.165) is 30.4 Å². The average molecular weight is 245 g/mol. The van der Waals surface area contributed by atoms with Gasteiger partial charge in [-0.25, -0.2) is 4.79 Å². The van der Waals surface area contributed by atoms with E-state index in [1.165, 1.54) is 4.90 Å². The van der Waals surface area contributed by atoms with Crippen LogP contribution in [0.1, 0.15) is 24.0 Å². The first-order valence-corrected chi connectivity index (χ1v) is 6.21. The molecule has 4 heteroatoms. The summed E-state index contributed by atoms with van der Waals surface area (Å²) in [5.74, 6) is -0.891. The fraction of sp³-hybridized carbons (Fsp3) is 0.429. The molecular formula is C14H15NO3. The van der Waals surface area contributed by atoms with Gasteiger partial charge in [0.15, 0.2) is 0 Å². The quantitative estimate of drug-likeness (QED) is 0.812. The van der Waals surface area contributed by atoms with Crippen LogP contribution in [0.2, 0.25) is 0 Å². The molecule has 1 N–H and O–H groups in total. The number of aliphatic carboxylic acids is 1. The van der Waals surface area contributed by atoms with Crippen LogP contribution in [0.15, 0.2) is 24.3 Å². The van der Waals surface area contributed by atoms with Crippen LogP contribution in [-0.2, 0) is 22.4 Å². The van der Waals surface area contributed by atoms with Crippen molar-refractivity contribution in [3.8, 4) is 0 Å². The first-order valence-electron chi connectivity index (χ1n) is 6.21. The van der Waals surface area contributed by atoms with E-state index in [0.29, 0.717) is 12.8 Å². The van der Waals surface area contributed by atoms with Crippen molar-refractivity contribution in [2.75, 3.05) is 0 Å². The molecule has 1 fully saturated rings. The lowest BCUT2D eigenvalue weighted by Gasteiger charge is -2.35. The SMILES string of the molecule is O=CN(C1CC1)C1(C(=O)O)Cc2ccccc2C1. The second-order valence-electron chi connectivity index (χ2n) is 5.20. The molecule has 0 saturated heterocycles. The fourth-order valence-electron chi connectivity index (χ4n) is 2.93. The van der Waals surface area contributed by atoms with Gasteiger partial charge in [0.05, 0.1) is 0 Å². The maximum absolute atomic E-state index is 11.7. The average Bonchev–Trinajstić information content (AvgIpc) is 3.09. The molecule has 0 spiro atoms. The lowest BCUT2D eigenvalue weighted by atomic mass is 9.93. The van der Waals surface area contributed by atoms with Crippen molar-refractivity contribution >= 4 is 12.4 Å². The summed E-state index contributed by atoms with van der Waals surface area (Å²) in [6.07, 6.45) is 3.41. The zero-order valence-corrected chi connectivity index (χ0v) is 10.0. The third-order valence-corrected chi connectivity index (χ3v) is 4.03. The molecule has 1 saturated carbocycles. The minimum atomic E-state index is -1.06. The molecule has 0 aliphatic heterocycles. The summed E-state index contributed by atoms with van der Waals surface area (Å²) in [7, 11) is 0. The fourth-order valence-corrected chi connectivity index (χ4v) is 2.93. The van der Waals surface area contributed by atoms with Gasteiger partial charge < -0.3 is 10.0 Å². The van der Waals surface area contributed by atoms with Crippen LogP contribution in [0.5, 0.6) is 0 Å². The normalized spacial score (nSPS) is 20.2. The van der Waals surface area contributed by atoms with Gasteiger partial charge >= 0.3 is 5.97 Å². The number of amides is 1. The molecule has 0 bridgehead atoms. The zero-order valence-electron chi connectivity index (χ0n) is 10.0. The van der Waals surface area contributed by atoms with Crippen LogP contribution in [0.4, 0.5) is 0 Å². The number of rotatable bonds is 4. The first-order chi connectivity index (χ1) is 8.67. The molecule has 94 valence electrons. The molecule has 0 heterocycles. The minimum absolute atomic E-state index is 0.118. The van der Waals surface area contributed by atoms with Gasteiger partial charge in [-0.05, 0) is 24.0 Å². The lowest BCUT2D eigenvalue weighted by Crippen LogP contribution is -2.56. The molecule has 2 aliphatic carbocycles. The van der Waals surface area contributed by atoms with Crippen LogP contribution in [0.3, 0.4) is 0 Å². The van der Waals surface area contributed by atoms with Crippen molar-refractivity contribution < 1.29 is 14.7 Å². The van der Waals surface area contributed by atoms with Crippen molar-refractivity contribution in [1.82, 2.24) is 4.90 Å². The summed E-state index contributed by atoms with van der Waals surface area (Å²) in [6, 6.07) is 7.86. The van der Waals surface area contributed by atoms with Crippen molar-refractivity contribution in [1.29, 1.82) is 0 Å². The zero-order chi connectivity index (χ0) is 12.8. The summed E-state index contributed by atoms with van der Waals surface area (Å²) in [5, 5.41) is 9.61. The van der Waals surface area contributed by atoms with Crippen LogP contribution in [0.25, 0.3) is 0 Å². The maximum Gasteiger partial charge on any atom is 0.330 e. The highest BCUT2D eigenvalue weighted by Crippen LogP contribution is 2.40. The predicted octanol–water partition coefficient (Wildman–Crippen LogP) is 1.23. The van der Waals surface area contributed by atoms with Gasteiger partial charge in [-0.1, -0.05) is 24.3 Å². The topological polar surface area (TPSA) is 57.6 Å². The second kappa shape index (κ2) is 3.83. The number of carbonyl (C=O) groups is 2. The number of fused-ring (bicyclic) bond motifs is 1. The summed E-state index contributed by atoms with van der Waals surface area (Å²) >= 11 is 0. The number of nitrogens with zero attached hydrogens (tertiary/aromatic N) is 1. The Morgan fingerprint density at radius 1 is 1.28 bits per heavy atom. The number of carbonyl (C=O) groups excluding carboxylic acids is 1. The standard InChI is InChI=1S/C14H15NO3/c16-9-15(12-5-6-12)14(13(17)18)7-10-3-1-2-4-11(10)8-14/h1-4,9,12H,5-8H2,(H,17,18). The highest BCUT2D eigenvalue weighted by molar-refractivity contribution is 5.84. The molecule has 0 radical (unpaired) electrons. The molecule has 1 aromatic rings. The minimum Gasteiger partial charge on any atom is -0.479 e. The van der Waals surface area contributed by atoms with Gasteiger partial charge in [0.2, 0.25) is 6.41 Å². The van der Waals surface area contributed by atoms with E-state index in [9.17, 15) is 14.7 Å². The molecule has 1 aromatic carbocycles. The summed E-state index contributed by atoms with van der Waals surface area (Å²) in [6.45, 7) is 0. The third-order valence-electron chi connectivity index (χ3n) is 4.03. The van der Waals surface area contributed by atoms with Crippen molar-refractivity contribution in [3.63, 3.8) is 0 Å². The van der Waals surface area contributed by atoms with E-state index in [4.69, 9.17) is 0 Å². The Kier molecular flexibility index (Phi) is 2.40. The van der Waals surface area contributed by atoms with Gasteiger partial charge in [0.25, 0.3) is 0 Å². The number of hydrogen-bond acceptors (Lipinski definition) is 2. The lowest BCUT2D eigenvalue weighted by molar-refractivity contribution is -0.155. The number of carboxylic acid groups (broad SMARTS) is 1. The Bertz CT molecular complexity index is 483. The molecule has 0 atom stereocenters. The van der Waals surface area contributed by atoms with E-state index in [1.807, 2.05) is 24.3 Å². The van der Waals surface area contributed by atoms with E-state index < -0.39 is 11.5 Å². The first kappa shape index (κ1) is 11.3. The Hall–Kier alpha value is -1.84. The monoisotopic (exact) mass is 245 g/mol. The number of carboxylic acids is 1. The molecule has 4 nitrogen and oxygen atoms in total. The maximum atomic E-state index is 11.7. The van der Waals surface area contributed by atoms with Crippen molar-refractivity contribution in [2.45, 2.75) is 37.3 Å². The van der Waals surface area contributed by atoms with Gasteiger partial charge in [0, 0.05) is 18.9 Å². The third kappa shape index (κ3) is 1.52. The van der Waals surface area contributed by atoms with E-state index >= 15 is 0 Å². The van der Waals surface area contributed by atoms with Crippen molar-refractivity contribution in [3.05, 3.63) is 35.4 Å². The van der Waals surface area contributed by atoms with Crippen LogP contribution in [0, 0.1) is 0 Å². The van der Waals surface area contributed by atoms with Gasteiger partial charge in [0.1, 0.15) is 5.54 Å². The van der Waals surface area contributed by atoms with E-state index in [2.05, 4.69) is 0 Å². The molecular weight excluding hydrogens is 230 g/mol. The van der Waals surface area contributed by atoms with Crippen LogP contribution < -0.4 is 0 Å². The van der Waals surface area contributed by atoms with E-state index in [1.54, 1.807) is 0 Å². The second-order valence-corrected chi connectivity index (χ2v) is 5.20. The largest absolute Gasteiger partial charge is 0.479 e. The van der Waals surface area contributed by atoms with Gasteiger partial charge in [-0.3, -0.25) is 4.79 Å². The highest BCUT2D eigenvalue weighted by Gasteiger charge is 2.52. The Balaban J connectivity index is 2.00. The van der Waals surface area contributed by atoms with Gasteiger partial charge in [-0.2, -0.15) is 0 Å². The number of benzene rings is 1. The molecule has 0 unspecified atom stereocenters. The van der Waals surface area contributed by atoms with Crippen molar-refractivity contribution in [2.24, 2.45) is 0 Å². The van der Waals surface area contributed by atoms with E-state index in [-0.39, 0.29) is 6.04 Å². The Morgan fingerprint density at radius 3 is 2.22 bits per heavy atom. The van der Waals surface area contributed by atoms with Gasteiger partial charge in [-0.15, -0.1) is 0 Å². The Morgan fingerprint density at radius 2 is 1.83 bits per heavy atom. The molecule has 1 amide bonds. The van der Waals surface area contributed by atoms with Crippen LogP contribution in [-0.4, -0.2) is 34.0 Å². The molecule has 0 aromatic heterocycles. The number of hydrogen-bond donors (Lipinski definition) is 1. The molecule has 2 aliphatic rings. The molecule has 18 heavy (non-hydrogen) atoms. The summed E-state index contributed by atoms with van der Waals surface area (Å²) in [4.78, 5) is 24.6. The summed E-state index contributed by atoms with van der Waals surface area (Å²) in [5.41, 5.74) is 1.03. The Labute approximate surface area is 105 Å². The highest BCUT2D eigenvalue weighted by atomic mass is 16.4. The van der Waals surface area contributed by atoms with Crippen LogP contribution >= 0.6 is 0 Å². The predicted molar refractivity (Wildman–Crippen MR) is 65.1 cm³/mol.